The number of carbonyl (C=O) groups is 2. The zero-order chi connectivity index (χ0) is 19.8. The molecule has 0 atom stereocenters. The maximum atomic E-state index is 12.5. The van der Waals surface area contributed by atoms with Gasteiger partial charge in [0.2, 0.25) is 0 Å². The van der Waals surface area contributed by atoms with Crippen LogP contribution in [0, 0.1) is 6.92 Å². The predicted molar refractivity (Wildman–Crippen MR) is 110 cm³/mol. The molecule has 0 aromatic heterocycles. The first-order valence-electron chi connectivity index (χ1n) is 9.97. The number of carbonyl (C=O) groups excluding carboxylic acids is 2. The lowest BCUT2D eigenvalue weighted by molar-refractivity contribution is -0.123. The Morgan fingerprint density at radius 3 is 2.54 bits per heavy atom. The molecule has 2 aromatic rings. The van der Waals surface area contributed by atoms with Gasteiger partial charge in [-0.1, -0.05) is 49.2 Å². The molecule has 1 aliphatic rings. The van der Waals surface area contributed by atoms with E-state index in [1.807, 2.05) is 12.1 Å². The molecular weight excluding hydrogens is 352 g/mol. The molecule has 1 fully saturated rings. The standard InChI is InChI=1S/C23H28N2O3/c1-17-8-2-3-9-18(17)14-15-24-22(26)16-28-21-13-7-6-12-20(21)23(27)25-19-10-4-5-11-19/h2-3,6-9,12-13,19H,4-5,10-11,14-16H2,1H3,(H,24,26)(H,25,27). The molecular formula is C23H28N2O3. The normalized spacial score (nSPS) is 13.9. The summed E-state index contributed by atoms with van der Waals surface area (Å²) in [5, 5.41) is 5.93. The summed E-state index contributed by atoms with van der Waals surface area (Å²) < 4.78 is 5.64. The maximum absolute atomic E-state index is 12.5. The molecule has 0 heterocycles. The van der Waals surface area contributed by atoms with E-state index in [2.05, 4.69) is 29.7 Å². The van der Waals surface area contributed by atoms with Crippen LogP contribution in [0.15, 0.2) is 48.5 Å². The van der Waals surface area contributed by atoms with E-state index in [-0.39, 0.29) is 24.5 Å². The van der Waals surface area contributed by atoms with Crippen LogP contribution in [0.2, 0.25) is 0 Å². The molecule has 0 radical (unpaired) electrons. The van der Waals surface area contributed by atoms with E-state index < -0.39 is 0 Å². The first-order valence-corrected chi connectivity index (χ1v) is 9.97. The van der Waals surface area contributed by atoms with Gasteiger partial charge < -0.3 is 15.4 Å². The van der Waals surface area contributed by atoms with Crippen molar-refractivity contribution in [3.05, 3.63) is 65.2 Å². The van der Waals surface area contributed by atoms with Gasteiger partial charge in [-0.3, -0.25) is 9.59 Å². The van der Waals surface area contributed by atoms with E-state index in [1.165, 1.54) is 11.1 Å². The number of amides is 2. The Labute approximate surface area is 166 Å². The van der Waals surface area contributed by atoms with E-state index >= 15 is 0 Å². The number of rotatable bonds is 8. The second-order valence-electron chi connectivity index (χ2n) is 7.27. The van der Waals surface area contributed by atoms with Crippen LogP contribution in [0.3, 0.4) is 0 Å². The van der Waals surface area contributed by atoms with Crippen LogP contribution in [0.5, 0.6) is 5.75 Å². The number of hydrogen-bond acceptors (Lipinski definition) is 3. The maximum Gasteiger partial charge on any atom is 0.257 e. The average Bonchev–Trinajstić information content (AvgIpc) is 3.21. The largest absolute Gasteiger partial charge is 0.483 e. The summed E-state index contributed by atoms with van der Waals surface area (Å²) in [5.74, 6) is 0.106. The monoisotopic (exact) mass is 380 g/mol. The zero-order valence-electron chi connectivity index (χ0n) is 16.4. The molecule has 3 rings (SSSR count). The van der Waals surface area contributed by atoms with Gasteiger partial charge in [0.05, 0.1) is 5.56 Å². The van der Waals surface area contributed by atoms with Crippen LogP contribution in [-0.4, -0.2) is 31.0 Å². The molecule has 0 aliphatic heterocycles. The molecule has 148 valence electrons. The fourth-order valence-corrected chi connectivity index (χ4v) is 3.53. The van der Waals surface area contributed by atoms with Gasteiger partial charge in [0.15, 0.2) is 6.61 Å². The van der Waals surface area contributed by atoms with Gasteiger partial charge in [-0.05, 0) is 49.4 Å². The minimum absolute atomic E-state index is 0.110. The molecule has 0 saturated heterocycles. The van der Waals surface area contributed by atoms with Gasteiger partial charge in [-0.2, -0.15) is 0 Å². The summed E-state index contributed by atoms with van der Waals surface area (Å²) in [6, 6.07) is 15.4. The quantitative estimate of drug-likeness (QED) is 0.738. The van der Waals surface area contributed by atoms with Crippen molar-refractivity contribution in [3.8, 4) is 5.75 Å². The van der Waals surface area contributed by atoms with Crippen molar-refractivity contribution >= 4 is 11.8 Å². The molecule has 5 heteroatoms. The molecule has 5 nitrogen and oxygen atoms in total. The number of ether oxygens (including phenoxy) is 1. The summed E-state index contributed by atoms with van der Waals surface area (Å²) in [4.78, 5) is 24.6. The van der Waals surface area contributed by atoms with Gasteiger partial charge in [-0.25, -0.2) is 0 Å². The second kappa shape index (κ2) is 9.93. The highest BCUT2D eigenvalue weighted by Crippen LogP contribution is 2.21. The molecule has 0 bridgehead atoms. The van der Waals surface area contributed by atoms with Crippen molar-refractivity contribution in [3.63, 3.8) is 0 Å². The minimum Gasteiger partial charge on any atom is -0.483 e. The Kier molecular flexibility index (Phi) is 7.06. The summed E-state index contributed by atoms with van der Waals surface area (Å²) >= 11 is 0. The lowest BCUT2D eigenvalue weighted by Crippen LogP contribution is -2.33. The van der Waals surface area contributed by atoms with Crippen molar-refractivity contribution in [2.75, 3.05) is 13.2 Å². The third kappa shape index (κ3) is 5.59. The lowest BCUT2D eigenvalue weighted by Gasteiger charge is -2.15. The number of para-hydroxylation sites is 1. The first-order chi connectivity index (χ1) is 13.6. The number of benzene rings is 2. The molecule has 2 amide bonds. The predicted octanol–water partition coefficient (Wildman–Crippen LogP) is 3.41. The number of nitrogens with one attached hydrogen (secondary N) is 2. The van der Waals surface area contributed by atoms with Crippen molar-refractivity contribution in [1.82, 2.24) is 10.6 Å². The second-order valence-corrected chi connectivity index (χ2v) is 7.27. The van der Waals surface area contributed by atoms with E-state index in [0.29, 0.717) is 17.9 Å². The molecule has 1 aliphatic carbocycles. The number of hydrogen-bond donors (Lipinski definition) is 2. The summed E-state index contributed by atoms with van der Waals surface area (Å²) in [6.07, 6.45) is 5.15. The first kappa shape index (κ1) is 19.9. The Morgan fingerprint density at radius 2 is 1.75 bits per heavy atom. The lowest BCUT2D eigenvalue weighted by atomic mass is 10.1. The highest BCUT2D eigenvalue weighted by molar-refractivity contribution is 5.97. The van der Waals surface area contributed by atoms with Gasteiger partial charge >= 0.3 is 0 Å². The van der Waals surface area contributed by atoms with Crippen molar-refractivity contribution in [2.45, 2.75) is 45.1 Å². The number of aryl methyl sites for hydroxylation is 1. The topological polar surface area (TPSA) is 67.4 Å². The Hall–Kier alpha value is -2.82. The van der Waals surface area contributed by atoms with Crippen LogP contribution in [0.4, 0.5) is 0 Å². The van der Waals surface area contributed by atoms with E-state index in [9.17, 15) is 9.59 Å². The summed E-state index contributed by atoms with van der Waals surface area (Å²) in [6.45, 7) is 2.51. The van der Waals surface area contributed by atoms with E-state index in [0.717, 1.165) is 32.1 Å². The Morgan fingerprint density at radius 1 is 1.04 bits per heavy atom. The smallest absolute Gasteiger partial charge is 0.257 e. The van der Waals surface area contributed by atoms with E-state index in [4.69, 9.17) is 4.74 Å². The zero-order valence-corrected chi connectivity index (χ0v) is 16.4. The third-order valence-corrected chi connectivity index (χ3v) is 5.16. The van der Waals surface area contributed by atoms with Crippen LogP contribution < -0.4 is 15.4 Å². The molecule has 2 N–H and O–H groups in total. The van der Waals surface area contributed by atoms with Crippen LogP contribution in [-0.2, 0) is 11.2 Å². The Bertz CT molecular complexity index is 813. The summed E-state index contributed by atoms with van der Waals surface area (Å²) in [5.41, 5.74) is 2.91. The Balaban J connectivity index is 1.48. The van der Waals surface area contributed by atoms with Crippen molar-refractivity contribution in [1.29, 1.82) is 0 Å². The van der Waals surface area contributed by atoms with Crippen molar-refractivity contribution < 1.29 is 14.3 Å². The average molecular weight is 380 g/mol. The molecule has 1 saturated carbocycles. The van der Waals surface area contributed by atoms with Gasteiger partial charge in [0.25, 0.3) is 11.8 Å². The molecule has 2 aromatic carbocycles. The highest BCUT2D eigenvalue weighted by Gasteiger charge is 2.20. The summed E-state index contributed by atoms with van der Waals surface area (Å²) in [7, 11) is 0. The fraction of sp³-hybridized carbons (Fsp3) is 0.391. The van der Waals surface area contributed by atoms with Crippen LogP contribution in [0.1, 0.15) is 47.2 Å². The highest BCUT2D eigenvalue weighted by atomic mass is 16.5. The molecule has 0 spiro atoms. The fourth-order valence-electron chi connectivity index (χ4n) is 3.53. The molecule has 28 heavy (non-hydrogen) atoms. The van der Waals surface area contributed by atoms with Crippen LogP contribution in [0.25, 0.3) is 0 Å². The minimum atomic E-state index is -0.195. The van der Waals surface area contributed by atoms with Gasteiger partial charge in [-0.15, -0.1) is 0 Å². The SMILES string of the molecule is Cc1ccccc1CCNC(=O)COc1ccccc1C(=O)NC1CCCC1. The third-order valence-electron chi connectivity index (χ3n) is 5.16. The van der Waals surface area contributed by atoms with Gasteiger partial charge in [0.1, 0.15) is 5.75 Å². The van der Waals surface area contributed by atoms with Crippen molar-refractivity contribution in [2.24, 2.45) is 0 Å². The van der Waals surface area contributed by atoms with E-state index in [1.54, 1.807) is 24.3 Å². The molecule has 0 unspecified atom stereocenters. The van der Waals surface area contributed by atoms with Gasteiger partial charge in [0, 0.05) is 12.6 Å². The van der Waals surface area contributed by atoms with Crippen LogP contribution >= 0.6 is 0 Å².